The topological polar surface area (TPSA) is 50.1 Å². The highest BCUT2D eigenvalue weighted by Gasteiger charge is 2.09. The maximum atomic E-state index is 11.4. The molecule has 0 aromatic heterocycles. The molecule has 1 rings (SSSR count). The first-order chi connectivity index (χ1) is 8.17. The summed E-state index contributed by atoms with van der Waals surface area (Å²) in [6, 6.07) is 8.62. The van der Waals surface area contributed by atoms with Crippen molar-refractivity contribution in [3.63, 3.8) is 0 Å². The fourth-order valence-electron chi connectivity index (χ4n) is 1.11. The summed E-state index contributed by atoms with van der Waals surface area (Å²) >= 11 is 5.79. The number of nitrogens with zero attached hydrogens (tertiary/aromatic N) is 1. The van der Waals surface area contributed by atoms with Gasteiger partial charge in [0.15, 0.2) is 0 Å². The van der Waals surface area contributed by atoms with Crippen LogP contribution in [0.1, 0.15) is 5.56 Å². The first-order valence-electron chi connectivity index (χ1n) is 4.82. The second-order valence-electron chi connectivity index (χ2n) is 3.11. The van der Waals surface area contributed by atoms with Gasteiger partial charge in [-0.15, -0.1) is 0 Å². The van der Waals surface area contributed by atoms with Crippen LogP contribution in [-0.2, 0) is 9.53 Å². The molecule has 4 heteroatoms. The lowest BCUT2D eigenvalue weighted by atomic mass is 10.1. The Labute approximate surface area is 105 Å². The number of esters is 1. The highest BCUT2D eigenvalue weighted by atomic mass is 35.5. The fourth-order valence-corrected chi connectivity index (χ4v) is 1.31. The van der Waals surface area contributed by atoms with Gasteiger partial charge in [0.2, 0.25) is 0 Å². The molecule has 86 valence electrons. The summed E-state index contributed by atoms with van der Waals surface area (Å²) < 4.78 is 4.77. The van der Waals surface area contributed by atoms with Gasteiger partial charge in [-0.05, 0) is 23.8 Å². The van der Waals surface area contributed by atoms with Gasteiger partial charge < -0.3 is 4.74 Å². The summed E-state index contributed by atoms with van der Waals surface area (Å²) in [4.78, 5) is 11.4. The standard InChI is InChI=1S/C13H10ClNO2/c1-2-6-17-13(16)11(9-15)7-10-4-3-5-12(14)8-10/h2-5,7-8H,1,6H2. The Morgan fingerprint density at radius 1 is 1.59 bits per heavy atom. The minimum Gasteiger partial charge on any atom is -0.457 e. The van der Waals surface area contributed by atoms with Crippen molar-refractivity contribution in [3.8, 4) is 6.07 Å². The second-order valence-corrected chi connectivity index (χ2v) is 3.55. The number of carbonyl (C=O) groups excluding carboxylic acids is 1. The predicted octanol–water partition coefficient (Wildman–Crippen LogP) is 2.98. The van der Waals surface area contributed by atoms with Gasteiger partial charge in [-0.1, -0.05) is 36.4 Å². The number of ether oxygens (including phenoxy) is 1. The van der Waals surface area contributed by atoms with Crippen molar-refractivity contribution in [1.82, 2.24) is 0 Å². The van der Waals surface area contributed by atoms with Crippen LogP contribution in [0.25, 0.3) is 6.08 Å². The monoisotopic (exact) mass is 247 g/mol. The molecule has 0 N–H and O–H groups in total. The predicted molar refractivity (Wildman–Crippen MR) is 66.2 cm³/mol. The Kier molecular flexibility index (Phi) is 4.99. The fraction of sp³-hybridized carbons (Fsp3) is 0.0769. The molecule has 0 saturated carbocycles. The molecule has 1 aromatic rings. The van der Waals surface area contributed by atoms with Crippen molar-refractivity contribution >= 4 is 23.6 Å². The summed E-state index contributed by atoms with van der Waals surface area (Å²) in [5.74, 6) is -0.674. The van der Waals surface area contributed by atoms with E-state index in [-0.39, 0.29) is 12.2 Å². The molecule has 0 aliphatic carbocycles. The van der Waals surface area contributed by atoms with E-state index in [4.69, 9.17) is 21.6 Å². The quantitative estimate of drug-likeness (QED) is 0.356. The lowest BCUT2D eigenvalue weighted by Crippen LogP contribution is -2.06. The van der Waals surface area contributed by atoms with Gasteiger partial charge in [0.25, 0.3) is 0 Å². The van der Waals surface area contributed by atoms with Crippen molar-refractivity contribution in [2.45, 2.75) is 0 Å². The molecule has 0 saturated heterocycles. The number of hydrogen-bond donors (Lipinski definition) is 0. The first-order valence-corrected chi connectivity index (χ1v) is 5.20. The molecule has 3 nitrogen and oxygen atoms in total. The van der Waals surface area contributed by atoms with Crippen molar-refractivity contribution < 1.29 is 9.53 Å². The maximum Gasteiger partial charge on any atom is 0.349 e. The zero-order valence-electron chi connectivity index (χ0n) is 9.02. The van der Waals surface area contributed by atoms with Crippen molar-refractivity contribution in [2.24, 2.45) is 0 Å². The number of rotatable bonds is 4. The molecule has 0 spiro atoms. The molecule has 0 atom stereocenters. The molecule has 0 amide bonds. The summed E-state index contributed by atoms with van der Waals surface area (Å²) in [7, 11) is 0. The summed E-state index contributed by atoms with van der Waals surface area (Å²) in [5.41, 5.74) is 0.596. The van der Waals surface area contributed by atoms with Crippen LogP contribution in [0.2, 0.25) is 5.02 Å². The van der Waals surface area contributed by atoms with E-state index in [1.807, 2.05) is 0 Å². The smallest absolute Gasteiger partial charge is 0.349 e. The molecule has 1 aromatic carbocycles. The Morgan fingerprint density at radius 3 is 2.94 bits per heavy atom. The third-order valence-corrected chi connectivity index (χ3v) is 2.07. The highest BCUT2D eigenvalue weighted by molar-refractivity contribution is 6.30. The minimum absolute atomic E-state index is 0.0749. The number of halogens is 1. The van der Waals surface area contributed by atoms with Crippen LogP contribution in [0.3, 0.4) is 0 Å². The van der Waals surface area contributed by atoms with Crippen LogP contribution in [0.5, 0.6) is 0 Å². The minimum atomic E-state index is -0.674. The Balaban J connectivity index is 2.91. The van der Waals surface area contributed by atoms with Gasteiger partial charge in [-0.25, -0.2) is 4.79 Å². The molecule has 0 bridgehead atoms. The van der Waals surface area contributed by atoms with E-state index in [0.717, 1.165) is 0 Å². The normalized spacial score (nSPS) is 10.5. The van der Waals surface area contributed by atoms with Crippen LogP contribution < -0.4 is 0 Å². The Morgan fingerprint density at radius 2 is 2.35 bits per heavy atom. The largest absolute Gasteiger partial charge is 0.457 e. The van der Waals surface area contributed by atoms with E-state index in [1.165, 1.54) is 12.2 Å². The molecule has 0 aliphatic heterocycles. The SMILES string of the molecule is C=CCOC(=O)C(C#N)=Cc1cccc(Cl)c1. The van der Waals surface area contributed by atoms with Crippen LogP contribution in [0, 0.1) is 11.3 Å². The molecule has 0 aliphatic rings. The summed E-state index contributed by atoms with van der Waals surface area (Å²) in [5, 5.41) is 9.39. The third-order valence-electron chi connectivity index (χ3n) is 1.83. The molecule has 0 fully saturated rings. The molecule has 17 heavy (non-hydrogen) atoms. The molecular formula is C13H10ClNO2. The number of benzene rings is 1. The number of hydrogen-bond acceptors (Lipinski definition) is 3. The maximum absolute atomic E-state index is 11.4. The second kappa shape index (κ2) is 6.51. The van der Waals surface area contributed by atoms with Crippen LogP contribution in [0.4, 0.5) is 0 Å². The van der Waals surface area contributed by atoms with Gasteiger partial charge in [0.1, 0.15) is 18.2 Å². The summed E-state index contributed by atoms with van der Waals surface area (Å²) in [6.45, 7) is 3.49. The molecule has 0 radical (unpaired) electrons. The van der Waals surface area contributed by atoms with Crippen molar-refractivity contribution in [1.29, 1.82) is 5.26 Å². The van der Waals surface area contributed by atoms with Crippen LogP contribution in [0.15, 0.2) is 42.5 Å². The molecular weight excluding hydrogens is 238 g/mol. The van der Waals surface area contributed by atoms with E-state index in [2.05, 4.69) is 6.58 Å². The zero-order valence-corrected chi connectivity index (χ0v) is 9.78. The van der Waals surface area contributed by atoms with Gasteiger partial charge in [0, 0.05) is 5.02 Å². The van der Waals surface area contributed by atoms with Crippen LogP contribution in [-0.4, -0.2) is 12.6 Å². The van der Waals surface area contributed by atoms with Gasteiger partial charge >= 0.3 is 5.97 Å². The van der Waals surface area contributed by atoms with E-state index >= 15 is 0 Å². The van der Waals surface area contributed by atoms with Gasteiger partial charge in [-0.2, -0.15) is 5.26 Å². The highest BCUT2D eigenvalue weighted by Crippen LogP contribution is 2.14. The van der Waals surface area contributed by atoms with E-state index in [1.54, 1.807) is 30.3 Å². The lowest BCUT2D eigenvalue weighted by molar-refractivity contribution is -0.137. The van der Waals surface area contributed by atoms with Crippen molar-refractivity contribution in [2.75, 3.05) is 6.61 Å². The van der Waals surface area contributed by atoms with E-state index in [0.29, 0.717) is 10.6 Å². The number of carbonyl (C=O) groups is 1. The Bertz CT molecular complexity index is 500. The number of nitriles is 1. The van der Waals surface area contributed by atoms with Gasteiger partial charge in [-0.3, -0.25) is 0 Å². The molecule has 0 unspecified atom stereocenters. The average molecular weight is 248 g/mol. The summed E-state index contributed by atoms with van der Waals surface area (Å²) in [6.07, 6.45) is 2.86. The Hall–Kier alpha value is -2.05. The van der Waals surface area contributed by atoms with Crippen LogP contribution >= 0.6 is 11.6 Å². The lowest BCUT2D eigenvalue weighted by Gasteiger charge is -2.00. The van der Waals surface area contributed by atoms with E-state index < -0.39 is 5.97 Å². The third kappa shape index (κ3) is 4.13. The van der Waals surface area contributed by atoms with E-state index in [9.17, 15) is 4.79 Å². The first kappa shape index (κ1) is 13.0. The zero-order chi connectivity index (χ0) is 12.7. The average Bonchev–Trinajstić information content (AvgIpc) is 2.33. The van der Waals surface area contributed by atoms with Gasteiger partial charge in [0.05, 0.1) is 0 Å². The molecule has 0 heterocycles. The van der Waals surface area contributed by atoms with Crippen molar-refractivity contribution in [3.05, 3.63) is 53.1 Å².